The first-order valence-electron chi connectivity index (χ1n) is 6.86. The van der Waals surface area contributed by atoms with Crippen molar-refractivity contribution in [3.8, 4) is 0 Å². The number of benzene rings is 1. The van der Waals surface area contributed by atoms with Gasteiger partial charge in [0.05, 0.1) is 5.52 Å². The number of nitrogens with two attached hydrogens (primary N) is 1. The van der Waals surface area contributed by atoms with Crippen LogP contribution in [-0.2, 0) is 4.79 Å². The van der Waals surface area contributed by atoms with Gasteiger partial charge in [-0.15, -0.1) is 0 Å². The number of amides is 1. The Morgan fingerprint density at radius 2 is 2.24 bits per heavy atom. The van der Waals surface area contributed by atoms with Crippen molar-refractivity contribution < 1.29 is 4.79 Å². The van der Waals surface area contributed by atoms with E-state index in [2.05, 4.69) is 37.9 Å². The Hall–Kier alpha value is -1.88. The van der Waals surface area contributed by atoms with E-state index in [9.17, 15) is 4.79 Å². The van der Waals surface area contributed by atoms with Gasteiger partial charge in [-0.3, -0.25) is 9.78 Å². The van der Waals surface area contributed by atoms with E-state index < -0.39 is 0 Å². The van der Waals surface area contributed by atoms with Gasteiger partial charge in [-0.25, -0.2) is 0 Å². The number of aromatic nitrogens is 1. The number of carbonyl (C=O) groups is 1. The smallest absolute Gasteiger partial charge is 0.244 e. The average Bonchev–Trinajstić information content (AvgIpc) is 2.47. The average molecular weight is 346 g/mol. The monoisotopic (exact) mass is 345 g/mol. The number of hydrogen-bond acceptors (Lipinski definition) is 3. The van der Waals surface area contributed by atoms with Crippen molar-refractivity contribution in [1.82, 2.24) is 4.98 Å². The van der Waals surface area contributed by atoms with Crippen molar-refractivity contribution in [3.63, 3.8) is 0 Å². The fourth-order valence-corrected chi connectivity index (χ4v) is 3.15. The topological polar surface area (TPSA) is 59.2 Å². The second-order valence-corrected chi connectivity index (χ2v) is 6.06. The molecule has 0 saturated carbocycles. The third-order valence-electron chi connectivity index (χ3n) is 3.76. The van der Waals surface area contributed by atoms with Crippen LogP contribution in [0.4, 0.5) is 5.69 Å². The molecule has 2 N–H and O–H groups in total. The zero-order valence-electron chi connectivity index (χ0n) is 11.8. The standard InChI is InChI=1S/C16H16BrN3O/c1-10-9-14(12-3-2-4-13(17)15(12)19-10)20-7-5-11(6-8-20)16(18)21/h2-5,9H,6-8H2,1H3,(H2,18,21). The number of halogens is 1. The predicted molar refractivity (Wildman–Crippen MR) is 88.3 cm³/mol. The largest absolute Gasteiger partial charge is 0.367 e. The maximum atomic E-state index is 11.2. The van der Waals surface area contributed by atoms with Gasteiger partial charge in [-0.2, -0.15) is 0 Å². The highest BCUT2D eigenvalue weighted by atomic mass is 79.9. The number of primary amides is 1. The molecule has 1 aliphatic heterocycles. The van der Waals surface area contributed by atoms with Crippen LogP contribution >= 0.6 is 15.9 Å². The number of rotatable bonds is 2. The van der Waals surface area contributed by atoms with E-state index in [1.807, 2.05) is 25.1 Å². The molecule has 3 rings (SSSR count). The van der Waals surface area contributed by atoms with Gasteiger partial charge in [0, 0.05) is 39.9 Å². The number of fused-ring (bicyclic) bond motifs is 1. The van der Waals surface area contributed by atoms with Crippen LogP contribution in [0.1, 0.15) is 12.1 Å². The number of anilines is 1. The molecule has 0 fully saturated rings. The van der Waals surface area contributed by atoms with Gasteiger partial charge in [0.1, 0.15) is 0 Å². The molecule has 0 saturated heterocycles. The lowest BCUT2D eigenvalue weighted by molar-refractivity contribution is -0.114. The van der Waals surface area contributed by atoms with Crippen LogP contribution in [0, 0.1) is 6.92 Å². The molecule has 4 nitrogen and oxygen atoms in total. The van der Waals surface area contributed by atoms with Crippen molar-refractivity contribution in [2.45, 2.75) is 13.3 Å². The summed E-state index contributed by atoms with van der Waals surface area (Å²) < 4.78 is 0.996. The normalized spacial score (nSPS) is 15.1. The molecule has 0 unspecified atom stereocenters. The van der Waals surface area contributed by atoms with E-state index in [1.165, 1.54) is 0 Å². The Bertz CT molecular complexity index is 755. The van der Waals surface area contributed by atoms with Gasteiger partial charge in [-0.05, 0) is 41.4 Å². The summed E-state index contributed by atoms with van der Waals surface area (Å²) in [6, 6.07) is 8.19. The van der Waals surface area contributed by atoms with Crippen LogP contribution in [0.2, 0.25) is 0 Å². The number of carbonyl (C=O) groups excluding carboxylic acids is 1. The van der Waals surface area contributed by atoms with Crippen LogP contribution < -0.4 is 10.6 Å². The fourth-order valence-electron chi connectivity index (χ4n) is 2.69. The lowest BCUT2D eigenvalue weighted by atomic mass is 10.1. The highest BCUT2D eigenvalue weighted by Crippen LogP contribution is 2.32. The maximum Gasteiger partial charge on any atom is 0.244 e. The van der Waals surface area contributed by atoms with Gasteiger partial charge in [0.2, 0.25) is 5.91 Å². The van der Waals surface area contributed by atoms with E-state index in [0.717, 1.165) is 38.9 Å². The van der Waals surface area contributed by atoms with Gasteiger partial charge in [-0.1, -0.05) is 18.2 Å². The maximum absolute atomic E-state index is 11.2. The van der Waals surface area contributed by atoms with E-state index in [-0.39, 0.29) is 5.91 Å². The summed E-state index contributed by atoms with van der Waals surface area (Å²) in [6.45, 7) is 3.49. The Balaban J connectivity index is 2.06. The molecule has 0 bridgehead atoms. The molecule has 0 spiro atoms. The van der Waals surface area contributed by atoms with Crippen molar-refractivity contribution in [2.75, 3.05) is 18.0 Å². The molecule has 1 aliphatic rings. The lowest BCUT2D eigenvalue weighted by Crippen LogP contribution is -2.31. The Kier molecular flexibility index (Phi) is 3.68. The molecule has 1 amide bonds. The molecule has 21 heavy (non-hydrogen) atoms. The first-order chi connectivity index (χ1) is 10.1. The number of pyridine rings is 1. The predicted octanol–water partition coefficient (Wildman–Crippen LogP) is 2.93. The minimum atomic E-state index is -0.312. The summed E-state index contributed by atoms with van der Waals surface area (Å²) in [5, 5.41) is 1.12. The Labute approximate surface area is 131 Å². The SMILES string of the molecule is Cc1cc(N2CC=C(C(N)=O)CC2)c2cccc(Br)c2n1. The summed E-state index contributed by atoms with van der Waals surface area (Å²) in [5.74, 6) is -0.312. The quantitative estimate of drug-likeness (QED) is 0.910. The second-order valence-electron chi connectivity index (χ2n) is 5.21. The summed E-state index contributed by atoms with van der Waals surface area (Å²) in [7, 11) is 0. The van der Waals surface area contributed by atoms with Crippen molar-refractivity contribution >= 4 is 38.4 Å². The first kappa shape index (κ1) is 14.1. The molecular weight excluding hydrogens is 330 g/mol. The highest BCUT2D eigenvalue weighted by molar-refractivity contribution is 9.10. The summed E-state index contributed by atoms with van der Waals surface area (Å²) in [6.07, 6.45) is 2.61. The van der Waals surface area contributed by atoms with E-state index in [1.54, 1.807) is 0 Å². The third kappa shape index (κ3) is 2.65. The Morgan fingerprint density at radius 3 is 2.90 bits per heavy atom. The molecule has 5 heteroatoms. The van der Waals surface area contributed by atoms with Gasteiger partial charge >= 0.3 is 0 Å². The summed E-state index contributed by atoms with van der Waals surface area (Å²) in [5.41, 5.74) is 9.17. The molecule has 2 aromatic rings. The summed E-state index contributed by atoms with van der Waals surface area (Å²) in [4.78, 5) is 18.1. The molecule has 1 aromatic carbocycles. The molecule has 1 aromatic heterocycles. The van der Waals surface area contributed by atoms with E-state index >= 15 is 0 Å². The summed E-state index contributed by atoms with van der Waals surface area (Å²) >= 11 is 3.56. The molecular formula is C16H16BrN3O. The first-order valence-corrected chi connectivity index (χ1v) is 7.65. The minimum absolute atomic E-state index is 0.312. The van der Waals surface area contributed by atoms with Crippen molar-refractivity contribution in [2.24, 2.45) is 5.73 Å². The number of para-hydroxylation sites is 1. The number of hydrogen-bond donors (Lipinski definition) is 1. The minimum Gasteiger partial charge on any atom is -0.367 e. The lowest BCUT2D eigenvalue weighted by Gasteiger charge is -2.29. The highest BCUT2D eigenvalue weighted by Gasteiger charge is 2.18. The molecule has 108 valence electrons. The second kappa shape index (κ2) is 5.48. The van der Waals surface area contributed by atoms with Crippen molar-refractivity contribution in [3.05, 3.63) is 46.1 Å². The van der Waals surface area contributed by atoms with Crippen molar-refractivity contribution in [1.29, 1.82) is 0 Å². The fraction of sp³-hybridized carbons (Fsp3) is 0.250. The molecule has 0 atom stereocenters. The zero-order valence-corrected chi connectivity index (χ0v) is 13.4. The number of nitrogens with zero attached hydrogens (tertiary/aromatic N) is 2. The van der Waals surface area contributed by atoms with Gasteiger partial charge < -0.3 is 10.6 Å². The van der Waals surface area contributed by atoms with Crippen LogP contribution in [0.15, 0.2) is 40.4 Å². The van der Waals surface area contributed by atoms with E-state index in [0.29, 0.717) is 13.0 Å². The Morgan fingerprint density at radius 1 is 1.43 bits per heavy atom. The van der Waals surface area contributed by atoms with Crippen LogP contribution in [0.25, 0.3) is 10.9 Å². The van der Waals surface area contributed by atoms with Crippen LogP contribution in [-0.4, -0.2) is 24.0 Å². The van der Waals surface area contributed by atoms with Gasteiger partial charge in [0.15, 0.2) is 0 Å². The van der Waals surface area contributed by atoms with E-state index in [4.69, 9.17) is 5.73 Å². The van der Waals surface area contributed by atoms with Crippen LogP contribution in [0.5, 0.6) is 0 Å². The zero-order chi connectivity index (χ0) is 15.0. The van der Waals surface area contributed by atoms with Gasteiger partial charge in [0.25, 0.3) is 0 Å². The molecule has 0 aliphatic carbocycles. The molecule has 2 heterocycles. The molecule has 0 radical (unpaired) electrons. The van der Waals surface area contributed by atoms with Crippen LogP contribution in [0.3, 0.4) is 0 Å². The third-order valence-corrected chi connectivity index (χ3v) is 4.40. The number of aryl methyl sites for hydroxylation is 1.